The van der Waals surface area contributed by atoms with Gasteiger partial charge < -0.3 is 9.30 Å². The van der Waals surface area contributed by atoms with Gasteiger partial charge in [-0.2, -0.15) is 0 Å². The summed E-state index contributed by atoms with van der Waals surface area (Å²) in [6.45, 7) is 5.87. The van der Waals surface area contributed by atoms with Crippen LogP contribution in [0.25, 0.3) is 17.0 Å². The van der Waals surface area contributed by atoms with Crippen LogP contribution < -0.4 is 0 Å². The number of carbonyl (C=O) groups is 1. The van der Waals surface area contributed by atoms with Crippen LogP contribution in [0.3, 0.4) is 0 Å². The van der Waals surface area contributed by atoms with Crippen LogP contribution in [0.15, 0.2) is 24.8 Å². The topological polar surface area (TPSA) is 31.2 Å². The molecule has 1 aromatic carbocycles. The fraction of sp³-hybridized carbons (Fsp3) is 0.214. The molecule has 0 spiro atoms. The molecule has 0 N–H and O–H groups in total. The number of carbonyl (C=O) groups excluding carboxylic acids is 1. The molecule has 2 rings (SSSR count). The zero-order valence-electron chi connectivity index (χ0n) is 10.4. The first-order chi connectivity index (χ1) is 8.60. The third-order valence-electron chi connectivity index (χ3n) is 2.88. The fourth-order valence-corrected chi connectivity index (χ4v) is 2.27. The van der Waals surface area contributed by atoms with Crippen molar-refractivity contribution in [2.45, 2.75) is 6.92 Å². The smallest absolute Gasteiger partial charge is 0.340 e. The highest BCUT2D eigenvalue weighted by atomic mass is 35.5. The van der Waals surface area contributed by atoms with Crippen molar-refractivity contribution in [3.63, 3.8) is 0 Å². The molecule has 0 saturated carbocycles. The van der Waals surface area contributed by atoms with Crippen molar-refractivity contribution in [1.82, 2.24) is 4.57 Å². The lowest BCUT2D eigenvalue weighted by Gasteiger charge is -2.02. The third-order valence-corrected chi connectivity index (χ3v) is 3.11. The van der Waals surface area contributed by atoms with Crippen molar-refractivity contribution in [2.24, 2.45) is 7.05 Å². The molecule has 0 bridgehead atoms. The van der Waals surface area contributed by atoms with E-state index in [0.29, 0.717) is 17.2 Å². The number of aryl methyl sites for hydroxylation is 1. The zero-order chi connectivity index (χ0) is 13.3. The minimum absolute atomic E-state index is 0.340. The number of esters is 1. The molecule has 4 heteroatoms. The number of fused-ring (bicyclic) bond motifs is 1. The summed E-state index contributed by atoms with van der Waals surface area (Å²) < 4.78 is 7.00. The Bertz CT molecular complexity index is 628. The standard InChI is InChI=1S/C14H14ClNO2/c1-4-11-13(14(17)18-5-2)10-8-9(15)6-7-12(10)16(11)3/h4,6-8H,1,5H2,2-3H3. The van der Waals surface area contributed by atoms with E-state index < -0.39 is 0 Å². The minimum atomic E-state index is -0.347. The number of hydrogen-bond donors (Lipinski definition) is 0. The van der Waals surface area contributed by atoms with E-state index in [1.54, 1.807) is 25.1 Å². The van der Waals surface area contributed by atoms with Crippen molar-refractivity contribution < 1.29 is 9.53 Å². The molecule has 0 radical (unpaired) electrons. The quantitative estimate of drug-likeness (QED) is 0.792. The predicted octanol–water partition coefficient (Wildman–Crippen LogP) is 3.65. The predicted molar refractivity (Wildman–Crippen MR) is 74.0 cm³/mol. The maximum Gasteiger partial charge on any atom is 0.340 e. The summed E-state index contributed by atoms with van der Waals surface area (Å²) in [6, 6.07) is 5.45. The molecule has 0 atom stereocenters. The highest BCUT2D eigenvalue weighted by Crippen LogP contribution is 2.29. The fourth-order valence-electron chi connectivity index (χ4n) is 2.09. The Kier molecular flexibility index (Phi) is 3.43. The Labute approximate surface area is 111 Å². The number of nitrogens with zero attached hydrogens (tertiary/aromatic N) is 1. The first-order valence-electron chi connectivity index (χ1n) is 5.67. The van der Waals surface area contributed by atoms with Gasteiger partial charge in [-0.15, -0.1) is 0 Å². The molecule has 0 fully saturated rings. The van der Waals surface area contributed by atoms with Gasteiger partial charge in [-0.3, -0.25) is 0 Å². The summed E-state index contributed by atoms with van der Waals surface area (Å²) >= 11 is 5.99. The van der Waals surface area contributed by atoms with Crippen LogP contribution in [0.2, 0.25) is 5.02 Å². The summed E-state index contributed by atoms with van der Waals surface area (Å²) in [6.07, 6.45) is 1.65. The van der Waals surface area contributed by atoms with Crippen LogP contribution in [-0.2, 0) is 11.8 Å². The second-order valence-corrected chi connectivity index (χ2v) is 4.34. The minimum Gasteiger partial charge on any atom is -0.462 e. The van der Waals surface area contributed by atoms with E-state index in [9.17, 15) is 4.79 Å². The monoisotopic (exact) mass is 263 g/mol. The number of ether oxygens (including phenoxy) is 1. The molecule has 0 unspecified atom stereocenters. The van der Waals surface area contributed by atoms with E-state index in [2.05, 4.69) is 6.58 Å². The molecule has 0 aliphatic rings. The van der Waals surface area contributed by atoms with Gasteiger partial charge in [-0.1, -0.05) is 18.2 Å². The molecule has 2 aromatic rings. The van der Waals surface area contributed by atoms with Crippen LogP contribution in [0.5, 0.6) is 0 Å². The van der Waals surface area contributed by atoms with Crippen LogP contribution >= 0.6 is 11.6 Å². The van der Waals surface area contributed by atoms with Crippen molar-refractivity contribution >= 4 is 34.5 Å². The number of halogens is 1. The van der Waals surface area contributed by atoms with Gasteiger partial charge in [0.2, 0.25) is 0 Å². The van der Waals surface area contributed by atoms with Crippen molar-refractivity contribution in [3.05, 3.63) is 41.1 Å². The molecule has 1 aromatic heterocycles. The average Bonchev–Trinajstić information content (AvgIpc) is 2.61. The zero-order valence-corrected chi connectivity index (χ0v) is 11.1. The molecule has 0 amide bonds. The second-order valence-electron chi connectivity index (χ2n) is 3.91. The molecule has 18 heavy (non-hydrogen) atoms. The van der Waals surface area contributed by atoms with Crippen LogP contribution in [0.4, 0.5) is 0 Å². The van der Waals surface area contributed by atoms with E-state index in [1.165, 1.54) is 0 Å². The normalized spacial score (nSPS) is 10.6. The molecule has 0 aliphatic heterocycles. The van der Waals surface area contributed by atoms with Crippen LogP contribution in [0, 0.1) is 0 Å². The Hall–Kier alpha value is -1.74. The number of rotatable bonds is 3. The maximum absolute atomic E-state index is 12.0. The summed E-state index contributed by atoms with van der Waals surface area (Å²) in [5.41, 5.74) is 2.19. The van der Waals surface area contributed by atoms with Gasteiger partial charge in [0, 0.05) is 23.0 Å². The maximum atomic E-state index is 12.0. The first-order valence-corrected chi connectivity index (χ1v) is 6.05. The molecule has 94 valence electrons. The molecule has 0 aliphatic carbocycles. The molecule has 0 saturated heterocycles. The summed E-state index contributed by atoms with van der Waals surface area (Å²) in [5.74, 6) is -0.347. The molecule has 3 nitrogen and oxygen atoms in total. The van der Waals surface area contributed by atoms with E-state index in [-0.39, 0.29) is 5.97 Å². The lowest BCUT2D eigenvalue weighted by Crippen LogP contribution is -2.06. The number of hydrogen-bond acceptors (Lipinski definition) is 2. The summed E-state index contributed by atoms with van der Waals surface area (Å²) in [7, 11) is 1.88. The average molecular weight is 264 g/mol. The van der Waals surface area contributed by atoms with Crippen molar-refractivity contribution in [1.29, 1.82) is 0 Å². The molecular weight excluding hydrogens is 250 g/mol. The summed E-state index contributed by atoms with van der Waals surface area (Å²) in [5, 5.41) is 1.38. The lowest BCUT2D eigenvalue weighted by atomic mass is 10.1. The van der Waals surface area contributed by atoms with Gasteiger partial charge in [0.25, 0.3) is 0 Å². The van der Waals surface area contributed by atoms with E-state index in [0.717, 1.165) is 16.6 Å². The van der Waals surface area contributed by atoms with Gasteiger partial charge in [-0.25, -0.2) is 4.79 Å². The highest BCUT2D eigenvalue weighted by molar-refractivity contribution is 6.31. The Morgan fingerprint density at radius 2 is 2.28 bits per heavy atom. The van der Waals surface area contributed by atoms with E-state index >= 15 is 0 Å². The largest absolute Gasteiger partial charge is 0.462 e. The van der Waals surface area contributed by atoms with Crippen LogP contribution in [-0.4, -0.2) is 17.1 Å². The molecule has 1 heterocycles. The van der Waals surface area contributed by atoms with Crippen molar-refractivity contribution in [2.75, 3.05) is 6.61 Å². The second kappa shape index (κ2) is 4.86. The number of benzene rings is 1. The third kappa shape index (κ3) is 1.91. The van der Waals surface area contributed by atoms with Gasteiger partial charge in [0.1, 0.15) is 0 Å². The van der Waals surface area contributed by atoms with Gasteiger partial charge >= 0.3 is 5.97 Å². The van der Waals surface area contributed by atoms with Crippen molar-refractivity contribution in [3.8, 4) is 0 Å². The Morgan fingerprint density at radius 3 is 2.89 bits per heavy atom. The highest BCUT2D eigenvalue weighted by Gasteiger charge is 2.20. The number of aromatic nitrogens is 1. The van der Waals surface area contributed by atoms with Crippen LogP contribution in [0.1, 0.15) is 23.0 Å². The van der Waals surface area contributed by atoms with E-state index in [4.69, 9.17) is 16.3 Å². The van der Waals surface area contributed by atoms with Gasteiger partial charge in [0.15, 0.2) is 0 Å². The molecular formula is C14H14ClNO2. The van der Waals surface area contributed by atoms with E-state index in [1.807, 2.05) is 17.7 Å². The Balaban J connectivity index is 2.79. The Morgan fingerprint density at radius 1 is 1.56 bits per heavy atom. The first kappa shape index (κ1) is 12.7. The van der Waals surface area contributed by atoms with Gasteiger partial charge in [0.05, 0.1) is 17.9 Å². The van der Waals surface area contributed by atoms with Gasteiger partial charge in [-0.05, 0) is 31.2 Å². The SMILES string of the molecule is C=Cc1c(C(=O)OCC)c2cc(Cl)ccc2n1C. The lowest BCUT2D eigenvalue weighted by molar-refractivity contribution is 0.0528. The summed E-state index contributed by atoms with van der Waals surface area (Å²) in [4.78, 5) is 12.0.